The minimum absolute atomic E-state index is 0.156. The smallest absolute Gasteiger partial charge is 0.0805 e. The number of benzene rings is 1. The zero-order valence-electron chi connectivity index (χ0n) is 7.88. The van der Waals surface area contributed by atoms with Gasteiger partial charge < -0.3 is 0 Å². The van der Waals surface area contributed by atoms with Crippen molar-refractivity contribution in [2.45, 2.75) is 31.7 Å². The molecular formula is C12H13N. The van der Waals surface area contributed by atoms with Gasteiger partial charge in [-0.3, -0.25) is 4.99 Å². The summed E-state index contributed by atoms with van der Waals surface area (Å²) in [4.78, 5) is 4.81. The van der Waals surface area contributed by atoms with E-state index in [0.717, 1.165) is 0 Å². The van der Waals surface area contributed by atoms with E-state index in [1.165, 1.54) is 29.8 Å². The van der Waals surface area contributed by atoms with Crippen LogP contribution in [0, 0.1) is 0 Å². The largest absolute Gasteiger partial charge is 0.274 e. The fourth-order valence-electron chi connectivity index (χ4n) is 2.67. The van der Waals surface area contributed by atoms with Crippen LogP contribution in [-0.2, 0) is 0 Å². The molecule has 66 valence electrons. The van der Waals surface area contributed by atoms with Gasteiger partial charge in [-0.15, -0.1) is 0 Å². The van der Waals surface area contributed by atoms with Crippen LogP contribution in [0.2, 0.25) is 0 Å². The Balaban J connectivity index is 2.45. The predicted octanol–water partition coefficient (Wildman–Crippen LogP) is 1.41. The Morgan fingerprint density at radius 2 is 2.15 bits per heavy atom. The summed E-state index contributed by atoms with van der Waals surface area (Å²) in [6.45, 7) is 2.27. The molecule has 0 spiro atoms. The van der Waals surface area contributed by atoms with E-state index in [0.29, 0.717) is 0 Å². The van der Waals surface area contributed by atoms with Crippen molar-refractivity contribution < 1.29 is 0 Å². The summed E-state index contributed by atoms with van der Waals surface area (Å²) in [6.07, 6.45) is 3.79. The molecule has 0 aromatic heterocycles. The number of hydrogen-bond acceptors (Lipinski definition) is 1. The van der Waals surface area contributed by atoms with Crippen molar-refractivity contribution in [2.75, 3.05) is 0 Å². The van der Waals surface area contributed by atoms with Crippen LogP contribution in [0.1, 0.15) is 26.2 Å². The third kappa shape index (κ3) is 0.846. The van der Waals surface area contributed by atoms with E-state index < -0.39 is 0 Å². The first-order valence-electron chi connectivity index (χ1n) is 4.98. The molecule has 2 aliphatic rings. The molecule has 1 aliphatic carbocycles. The molecule has 1 atom stereocenters. The Morgan fingerprint density at radius 1 is 1.31 bits per heavy atom. The first-order chi connectivity index (χ1) is 6.30. The van der Waals surface area contributed by atoms with E-state index in [2.05, 4.69) is 31.2 Å². The maximum absolute atomic E-state index is 4.81. The van der Waals surface area contributed by atoms with Crippen molar-refractivity contribution in [1.82, 2.24) is 0 Å². The zero-order chi connectivity index (χ0) is 8.89. The monoisotopic (exact) mass is 171 g/mol. The lowest BCUT2D eigenvalue weighted by Gasteiger charge is -2.15. The second kappa shape index (κ2) is 2.22. The Hall–Kier alpha value is -1.11. The molecule has 0 saturated heterocycles. The van der Waals surface area contributed by atoms with Gasteiger partial charge in [0.25, 0.3) is 0 Å². The topological polar surface area (TPSA) is 12.4 Å². The Bertz CT molecular complexity index is 472. The predicted molar refractivity (Wildman–Crippen MR) is 52.9 cm³/mol. The van der Waals surface area contributed by atoms with Crippen molar-refractivity contribution in [1.29, 1.82) is 0 Å². The summed E-state index contributed by atoms with van der Waals surface area (Å²) in [5.74, 6) is 0. The lowest BCUT2D eigenvalue weighted by molar-refractivity contribution is 0.591. The highest BCUT2D eigenvalue weighted by Gasteiger charge is 2.36. The highest BCUT2D eigenvalue weighted by Crippen LogP contribution is 2.39. The molecule has 1 aromatic carbocycles. The van der Waals surface area contributed by atoms with Crippen LogP contribution in [-0.4, -0.2) is 5.54 Å². The van der Waals surface area contributed by atoms with Crippen molar-refractivity contribution in [3.8, 4) is 0 Å². The molecule has 1 aromatic rings. The lowest BCUT2D eigenvalue weighted by atomic mass is 9.97. The molecule has 0 radical (unpaired) electrons. The van der Waals surface area contributed by atoms with E-state index in [1.807, 2.05) is 0 Å². The van der Waals surface area contributed by atoms with Crippen LogP contribution < -0.4 is 10.6 Å². The summed E-state index contributed by atoms with van der Waals surface area (Å²) >= 11 is 0. The number of fused-ring (bicyclic) bond motifs is 2. The van der Waals surface area contributed by atoms with E-state index in [9.17, 15) is 0 Å². The third-order valence-electron chi connectivity index (χ3n) is 3.34. The summed E-state index contributed by atoms with van der Waals surface area (Å²) < 4.78 is 0. The van der Waals surface area contributed by atoms with Gasteiger partial charge in [-0.1, -0.05) is 18.2 Å². The molecule has 1 nitrogen and oxygen atoms in total. The van der Waals surface area contributed by atoms with Crippen LogP contribution in [0.4, 0.5) is 0 Å². The fourth-order valence-corrected chi connectivity index (χ4v) is 2.67. The minimum Gasteiger partial charge on any atom is -0.274 e. The van der Waals surface area contributed by atoms with Gasteiger partial charge in [0.15, 0.2) is 0 Å². The van der Waals surface area contributed by atoms with Crippen LogP contribution >= 0.6 is 0 Å². The number of nitrogens with zero attached hydrogens (tertiary/aromatic N) is 1. The Kier molecular flexibility index (Phi) is 1.25. The molecule has 3 rings (SSSR count). The molecule has 1 aliphatic heterocycles. The van der Waals surface area contributed by atoms with E-state index >= 15 is 0 Å². The lowest BCUT2D eigenvalue weighted by Crippen LogP contribution is -2.22. The van der Waals surface area contributed by atoms with E-state index in [4.69, 9.17) is 4.99 Å². The Morgan fingerprint density at radius 3 is 3.08 bits per heavy atom. The van der Waals surface area contributed by atoms with Crippen molar-refractivity contribution in [2.24, 2.45) is 4.99 Å². The van der Waals surface area contributed by atoms with Crippen LogP contribution in [0.25, 0.3) is 5.57 Å². The van der Waals surface area contributed by atoms with Gasteiger partial charge in [0.1, 0.15) is 0 Å². The quantitative estimate of drug-likeness (QED) is 0.559. The minimum atomic E-state index is 0.156. The van der Waals surface area contributed by atoms with Crippen molar-refractivity contribution >= 4 is 5.57 Å². The molecule has 1 unspecified atom stereocenters. The summed E-state index contributed by atoms with van der Waals surface area (Å²) in [6, 6.07) is 8.54. The van der Waals surface area contributed by atoms with Gasteiger partial charge in [-0.05, 0) is 37.8 Å². The molecular weight excluding hydrogens is 158 g/mol. The molecule has 0 N–H and O–H groups in total. The Labute approximate surface area is 77.8 Å². The maximum atomic E-state index is 4.81. The average Bonchev–Trinajstić information content (AvgIpc) is 2.58. The molecule has 1 heterocycles. The zero-order valence-corrected chi connectivity index (χ0v) is 7.88. The molecule has 1 heteroatoms. The average molecular weight is 171 g/mol. The van der Waals surface area contributed by atoms with Gasteiger partial charge >= 0.3 is 0 Å². The highest BCUT2D eigenvalue weighted by molar-refractivity contribution is 5.60. The number of para-hydroxylation sites is 1. The molecule has 0 bridgehead atoms. The molecule has 0 amide bonds. The van der Waals surface area contributed by atoms with Crippen molar-refractivity contribution in [3.63, 3.8) is 0 Å². The number of hydrogen-bond donors (Lipinski definition) is 0. The van der Waals surface area contributed by atoms with E-state index in [1.54, 1.807) is 5.57 Å². The van der Waals surface area contributed by atoms with Crippen LogP contribution in [0.3, 0.4) is 0 Å². The second-order valence-electron chi connectivity index (χ2n) is 4.23. The first-order valence-corrected chi connectivity index (χ1v) is 4.98. The van der Waals surface area contributed by atoms with Gasteiger partial charge in [0.2, 0.25) is 0 Å². The maximum Gasteiger partial charge on any atom is 0.0805 e. The van der Waals surface area contributed by atoms with Crippen molar-refractivity contribution in [3.05, 3.63) is 34.8 Å². The molecule has 1 saturated carbocycles. The standard InChI is InChI=1S/C12H13N/c1-12-8-4-6-10(12)9-5-2-3-7-11(9)13-12/h2-3,5,7H,4,6,8H2,1H3. The van der Waals surface area contributed by atoms with Gasteiger partial charge in [-0.25, -0.2) is 0 Å². The normalized spacial score (nSPS) is 29.8. The number of rotatable bonds is 0. The first kappa shape index (κ1) is 7.31. The summed E-state index contributed by atoms with van der Waals surface area (Å²) in [5.41, 5.74) is 1.73. The highest BCUT2D eigenvalue weighted by atomic mass is 14.9. The van der Waals surface area contributed by atoms with Crippen LogP contribution in [0.15, 0.2) is 29.3 Å². The molecule has 1 fully saturated rings. The SMILES string of the molecule is CC12CCCC1=c1ccccc1=N2. The van der Waals surface area contributed by atoms with Gasteiger partial charge in [0, 0.05) is 5.22 Å². The van der Waals surface area contributed by atoms with Gasteiger partial charge in [-0.2, -0.15) is 0 Å². The molecule has 13 heavy (non-hydrogen) atoms. The second-order valence-corrected chi connectivity index (χ2v) is 4.23. The summed E-state index contributed by atoms with van der Waals surface area (Å²) in [5, 5.41) is 2.61. The summed E-state index contributed by atoms with van der Waals surface area (Å²) in [7, 11) is 0. The van der Waals surface area contributed by atoms with Crippen LogP contribution in [0.5, 0.6) is 0 Å². The van der Waals surface area contributed by atoms with E-state index in [-0.39, 0.29) is 5.54 Å². The third-order valence-corrected chi connectivity index (χ3v) is 3.34. The fraction of sp³-hybridized carbons (Fsp3) is 0.417. The van der Waals surface area contributed by atoms with Gasteiger partial charge in [0.05, 0.1) is 10.9 Å².